The van der Waals surface area contributed by atoms with Gasteiger partial charge in [0.25, 0.3) is 0 Å². The first-order chi connectivity index (χ1) is 10.9. The number of esters is 1. The van der Waals surface area contributed by atoms with Gasteiger partial charge in [-0.2, -0.15) is 0 Å². The number of rotatable bonds is 4. The highest BCUT2D eigenvalue weighted by Gasteiger charge is 2.34. The number of carbonyl (C=O) groups excluding carboxylic acids is 3. The maximum atomic E-state index is 12.5. The molecule has 1 atom stereocenters. The summed E-state index contributed by atoms with van der Waals surface area (Å²) < 4.78 is 4.59. The largest absolute Gasteiger partial charge is 0.469 e. The number of nitrogens with one attached hydrogen (secondary N) is 1. The van der Waals surface area contributed by atoms with Crippen LogP contribution in [0.15, 0.2) is 18.2 Å². The molecule has 0 bridgehead atoms. The van der Waals surface area contributed by atoms with Gasteiger partial charge >= 0.3 is 5.97 Å². The Bertz CT molecular complexity index is 636. The highest BCUT2D eigenvalue weighted by Crippen LogP contribution is 2.22. The van der Waals surface area contributed by atoms with E-state index in [9.17, 15) is 14.4 Å². The molecule has 0 aromatic heterocycles. The summed E-state index contributed by atoms with van der Waals surface area (Å²) in [6, 6.07) is 4.00. The number of halogens is 2. The minimum Gasteiger partial charge on any atom is -0.469 e. The molecule has 8 heteroatoms. The van der Waals surface area contributed by atoms with E-state index in [2.05, 4.69) is 10.1 Å². The summed E-state index contributed by atoms with van der Waals surface area (Å²) in [7, 11) is 1.24. The lowest BCUT2D eigenvalue weighted by molar-refractivity contribution is -0.150. The van der Waals surface area contributed by atoms with Crippen LogP contribution in [0.1, 0.15) is 12.0 Å². The summed E-state index contributed by atoms with van der Waals surface area (Å²) in [6.07, 6.45) is -0.149. The summed E-state index contributed by atoms with van der Waals surface area (Å²) in [5.74, 6) is -1.19. The van der Waals surface area contributed by atoms with E-state index in [1.54, 1.807) is 18.2 Å². The summed E-state index contributed by atoms with van der Waals surface area (Å²) in [4.78, 5) is 37.4. The fourth-order valence-electron chi connectivity index (χ4n) is 2.39. The van der Waals surface area contributed by atoms with Crippen LogP contribution in [0.4, 0.5) is 0 Å². The van der Waals surface area contributed by atoms with Crippen LogP contribution in [-0.4, -0.2) is 48.9 Å². The average Bonchev–Trinajstić information content (AvgIpc) is 2.51. The normalized spacial score (nSPS) is 17.6. The zero-order chi connectivity index (χ0) is 17.0. The number of nitrogens with zero attached hydrogens (tertiary/aromatic N) is 1. The van der Waals surface area contributed by atoms with Crippen molar-refractivity contribution in [1.82, 2.24) is 10.2 Å². The molecule has 1 aliphatic rings. The summed E-state index contributed by atoms with van der Waals surface area (Å²) >= 11 is 11.9. The monoisotopic (exact) mass is 358 g/mol. The van der Waals surface area contributed by atoms with Crippen LogP contribution in [0.25, 0.3) is 0 Å². The number of piperazine rings is 1. The molecule has 1 aromatic carbocycles. The van der Waals surface area contributed by atoms with Gasteiger partial charge in [0.15, 0.2) is 0 Å². The Morgan fingerprint density at radius 1 is 1.39 bits per heavy atom. The molecule has 1 aromatic rings. The molecule has 23 heavy (non-hydrogen) atoms. The molecule has 1 fully saturated rings. The van der Waals surface area contributed by atoms with Gasteiger partial charge in [0.1, 0.15) is 6.04 Å². The van der Waals surface area contributed by atoms with Crippen molar-refractivity contribution in [2.45, 2.75) is 18.9 Å². The lowest BCUT2D eigenvalue weighted by atomic mass is 10.1. The van der Waals surface area contributed by atoms with Gasteiger partial charge in [-0.15, -0.1) is 0 Å². The van der Waals surface area contributed by atoms with Crippen LogP contribution < -0.4 is 5.32 Å². The van der Waals surface area contributed by atoms with E-state index in [4.69, 9.17) is 23.2 Å². The number of hydrogen-bond donors (Lipinski definition) is 1. The van der Waals surface area contributed by atoms with E-state index in [1.807, 2.05) is 0 Å². The minimum absolute atomic E-state index is 0.0287. The number of ether oxygens (including phenoxy) is 1. The van der Waals surface area contributed by atoms with Crippen molar-refractivity contribution in [2.24, 2.45) is 0 Å². The van der Waals surface area contributed by atoms with Crippen molar-refractivity contribution in [1.29, 1.82) is 0 Å². The summed E-state index contributed by atoms with van der Waals surface area (Å²) in [5, 5.41) is 3.51. The standard InChI is InChI=1S/C15H16Cl2N2O4/c1-23-14(21)8-12-15(22)18-4-5-19(12)13(20)6-9-2-3-10(16)7-11(9)17/h2-3,7,12H,4-6,8H2,1H3,(H,18,22). The Balaban J connectivity index is 2.14. The minimum atomic E-state index is -0.866. The maximum Gasteiger partial charge on any atom is 0.308 e. The van der Waals surface area contributed by atoms with E-state index in [1.165, 1.54) is 12.0 Å². The number of benzene rings is 1. The molecule has 1 unspecified atom stereocenters. The first kappa shape index (κ1) is 17.6. The summed E-state index contributed by atoms with van der Waals surface area (Å²) in [6.45, 7) is 0.675. The molecule has 2 amide bonds. The lowest BCUT2D eigenvalue weighted by Crippen LogP contribution is -2.58. The molecule has 0 saturated carbocycles. The first-order valence-electron chi connectivity index (χ1n) is 7.00. The van der Waals surface area contributed by atoms with E-state index in [0.717, 1.165) is 0 Å². The molecular weight excluding hydrogens is 343 g/mol. The van der Waals surface area contributed by atoms with Crippen LogP contribution in [-0.2, 0) is 25.5 Å². The molecule has 0 aliphatic carbocycles. The fourth-order valence-corrected chi connectivity index (χ4v) is 2.86. The van der Waals surface area contributed by atoms with E-state index < -0.39 is 12.0 Å². The van der Waals surface area contributed by atoms with Gasteiger partial charge < -0.3 is 15.0 Å². The Kier molecular flexibility index (Phi) is 5.85. The molecule has 1 aliphatic heterocycles. The molecule has 0 spiro atoms. The SMILES string of the molecule is COC(=O)CC1C(=O)NCCN1C(=O)Cc1ccc(Cl)cc1Cl. The zero-order valence-corrected chi connectivity index (χ0v) is 14.0. The highest BCUT2D eigenvalue weighted by atomic mass is 35.5. The number of methoxy groups -OCH3 is 1. The molecule has 2 rings (SSSR count). The second-order valence-corrected chi connectivity index (χ2v) is 5.93. The Hall–Kier alpha value is -1.79. The Morgan fingerprint density at radius 3 is 2.78 bits per heavy atom. The Labute approximate surface area is 143 Å². The molecule has 1 heterocycles. The van der Waals surface area contributed by atoms with Crippen molar-refractivity contribution in [3.63, 3.8) is 0 Å². The van der Waals surface area contributed by atoms with Gasteiger partial charge in [0.2, 0.25) is 11.8 Å². The zero-order valence-electron chi connectivity index (χ0n) is 12.5. The van der Waals surface area contributed by atoms with Crippen LogP contribution in [0, 0.1) is 0 Å². The van der Waals surface area contributed by atoms with Crippen molar-refractivity contribution in [3.8, 4) is 0 Å². The van der Waals surface area contributed by atoms with Gasteiger partial charge in [0, 0.05) is 23.1 Å². The predicted octanol–water partition coefficient (Wildman–Crippen LogP) is 1.43. The molecule has 6 nitrogen and oxygen atoms in total. The third kappa shape index (κ3) is 4.36. The Morgan fingerprint density at radius 2 is 2.13 bits per heavy atom. The predicted molar refractivity (Wildman–Crippen MR) is 85.3 cm³/mol. The quantitative estimate of drug-likeness (QED) is 0.826. The van der Waals surface area contributed by atoms with Crippen molar-refractivity contribution in [3.05, 3.63) is 33.8 Å². The number of hydrogen-bond acceptors (Lipinski definition) is 4. The van der Waals surface area contributed by atoms with Gasteiger partial charge in [-0.05, 0) is 17.7 Å². The van der Waals surface area contributed by atoms with Crippen LogP contribution in [0.3, 0.4) is 0 Å². The molecule has 1 saturated heterocycles. The van der Waals surface area contributed by atoms with E-state index >= 15 is 0 Å². The maximum absolute atomic E-state index is 12.5. The van der Waals surface area contributed by atoms with E-state index in [0.29, 0.717) is 28.7 Å². The fraction of sp³-hybridized carbons (Fsp3) is 0.400. The molecular formula is C15H16Cl2N2O4. The molecule has 124 valence electrons. The van der Waals surface area contributed by atoms with Gasteiger partial charge in [-0.25, -0.2) is 0 Å². The number of amides is 2. The summed E-state index contributed by atoms with van der Waals surface area (Å²) in [5.41, 5.74) is 0.615. The third-order valence-corrected chi connectivity index (χ3v) is 4.18. The van der Waals surface area contributed by atoms with Crippen LogP contribution in [0.2, 0.25) is 10.0 Å². The van der Waals surface area contributed by atoms with Crippen LogP contribution in [0.5, 0.6) is 0 Å². The average molecular weight is 359 g/mol. The molecule has 0 radical (unpaired) electrons. The van der Waals surface area contributed by atoms with E-state index in [-0.39, 0.29) is 24.7 Å². The van der Waals surface area contributed by atoms with Crippen LogP contribution >= 0.6 is 23.2 Å². The second-order valence-electron chi connectivity index (χ2n) is 5.09. The van der Waals surface area contributed by atoms with Crippen molar-refractivity contribution >= 4 is 41.0 Å². The van der Waals surface area contributed by atoms with Gasteiger partial charge in [-0.1, -0.05) is 29.3 Å². The topological polar surface area (TPSA) is 75.7 Å². The smallest absolute Gasteiger partial charge is 0.308 e. The highest BCUT2D eigenvalue weighted by molar-refractivity contribution is 6.35. The van der Waals surface area contributed by atoms with Crippen molar-refractivity contribution < 1.29 is 19.1 Å². The second kappa shape index (κ2) is 7.66. The first-order valence-corrected chi connectivity index (χ1v) is 7.76. The lowest BCUT2D eigenvalue weighted by Gasteiger charge is -2.34. The molecule has 1 N–H and O–H groups in total. The number of carbonyl (C=O) groups is 3. The van der Waals surface area contributed by atoms with Crippen molar-refractivity contribution in [2.75, 3.05) is 20.2 Å². The third-order valence-electron chi connectivity index (χ3n) is 3.60. The van der Waals surface area contributed by atoms with Gasteiger partial charge in [0.05, 0.1) is 20.0 Å². The van der Waals surface area contributed by atoms with Gasteiger partial charge in [-0.3, -0.25) is 14.4 Å².